The Labute approximate surface area is 101 Å². The third kappa shape index (κ3) is 2.60. The zero-order valence-corrected chi connectivity index (χ0v) is 9.34. The molecule has 0 unspecified atom stereocenters. The number of alkyl halides is 3. The maximum absolute atomic E-state index is 12.8. The van der Waals surface area contributed by atoms with Crippen molar-refractivity contribution in [1.82, 2.24) is 0 Å². The van der Waals surface area contributed by atoms with Gasteiger partial charge in [0.15, 0.2) is 0 Å². The molecule has 1 rings (SSSR count). The van der Waals surface area contributed by atoms with Crippen LogP contribution in [0.5, 0.6) is 0 Å². The molecule has 1 aromatic carbocycles. The van der Waals surface area contributed by atoms with E-state index in [1.807, 2.05) is 0 Å². The van der Waals surface area contributed by atoms with Gasteiger partial charge in [0.05, 0.1) is 29.9 Å². The predicted molar refractivity (Wildman–Crippen MR) is 55.4 cm³/mol. The molecule has 7 heteroatoms. The standard InChI is InChI=1S/C11H9F3N2O2/c1-18-10(17)8-3-6(4-15)2-7(5-16)9(8)11(12,13)14/h2-3H,4,15H2,1H3. The highest BCUT2D eigenvalue weighted by Crippen LogP contribution is 2.35. The van der Waals surface area contributed by atoms with E-state index >= 15 is 0 Å². The minimum atomic E-state index is -4.82. The number of nitrogens with two attached hydrogens (primary N) is 1. The van der Waals surface area contributed by atoms with Gasteiger partial charge < -0.3 is 10.5 Å². The summed E-state index contributed by atoms with van der Waals surface area (Å²) in [5.41, 5.74) is 2.90. The molecule has 0 amide bonds. The van der Waals surface area contributed by atoms with Crippen LogP contribution < -0.4 is 5.73 Å². The Balaban J connectivity index is 3.64. The van der Waals surface area contributed by atoms with Crippen molar-refractivity contribution in [2.45, 2.75) is 12.7 Å². The van der Waals surface area contributed by atoms with Crippen LogP contribution in [0, 0.1) is 11.3 Å². The zero-order valence-electron chi connectivity index (χ0n) is 9.34. The first-order valence-electron chi connectivity index (χ1n) is 4.77. The van der Waals surface area contributed by atoms with Gasteiger partial charge in [0, 0.05) is 6.54 Å². The number of nitriles is 1. The third-order valence-corrected chi connectivity index (χ3v) is 2.24. The molecule has 0 aromatic heterocycles. The quantitative estimate of drug-likeness (QED) is 0.821. The minimum Gasteiger partial charge on any atom is -0.465 e. The molecular formula is C11H9F3N2O2. The normalized spacial score (nSPS) is 10.9. The fourth-order valence-electron chi connectivity index (χ4n) is 1.48. The SMILES string of the molecule is COC(=O)c1cc(CN)cc(C#N)c1C(F)(F)F. The van der Waals surface area contributed by atoms with E-state index < -0.39 is 28.8 Å². The van der Waals surface area contributed by atoms with Crippen molar-refractivity contribution in [2.75, 3.05) is 7.11 Å². The Morgan fingerprint density at radius 2 is 2.11 bits per heavy atom. The molecule has 2 N–H and O–H groups in total. The average molecular weight is 258 g/mol. The molecule has 4 nitrogen and oxygen atoms in total. The molecule has 0 atom stereocenters. The van der Waals surface area contributed by atoms with E-state index in [4.69, 9.17) is 11.0 Å². The lowest BCUT2D eigenvalue weighted by Gasteiger charge is -2.14. The summed E-state index contributed by atoms with van der Waals surface area (Å²) in [6.07, 6.45) is -4.82. The second-order valence-corrected chi connectivity index (χ2v) is 3.37. The molecule has 0 spiro atoms. The summed E-state index contributed by atoms with van der Waals surface area (Å²) in [5, 5.41) is 8.74. The van der Waals surface area contributed by atoms with E-state index in [-0.39, 0.29) is 12.1 Å². The van der Waals surface area contributed by atoms with Crippen LogP contribution in [0.25, 0.3) is 0 Å². The molecule has 0 aliphatic carbocycles. The maximum Gasteiger partial charge on any atom is 0.418 e. The largest absolute Gasteiger partial charge is 0.465 e. The van der Waals surface area contributed by atoms with Crippen molar-refractivity contribution in [3.05, 3.63) is 34.4 Å². The number of nitrogens with zero attached hydrogens (tertiary/aromatic N) is 1. The van der Waals surface area contributed by atoms with E-state index in [1.165, 1.54) is 6.07 Å². The number of ether oxygens (including phenoxy) is 1. The number of carbonyl (C=O) groups excluding carboxylic acids is 1. The second kappa shape index (κ2) is 5.06. The number of rotatable bonds is 2. The second-order valence-electron chi connectivity index (χ2n) is 3.37. The smallest absolute Gasteiger partial charge is 0.418 e. The highest BCUT2D eigenvalue weighted by Gasteiger charge is 2.38. The number of esters is 1. The fourth-order valence-corrected chi connectivity index (χ4v) is 1.48. The number of halogens is 3. The van der Waals surface area contributed by atoms with Crippen LogP contribution in [0.1, 0.15) is 27.0 Å². The van der Waals surface area contributed by atoms with E-state index in [1.54, 1.807) is 0 Å². The molecule has 0 heterocycles. The first kappa shape index (κ1) is 14.0. The summed E-state index contributed by atoms with van der Waals surface area (Å²) in [5.74, 6) is -1.16. The van der Waals surface area contributed by atoms with Gasteiger partial charge in [0.25, 0.3) is 0 Å². The summed E-state index contributed by atoms with van der Waals surface area (Å²) >= 11 is 0. The summed E-state index contributed by atoms with van der Waals surface area (Å²) < 4.78 is 42.8. The van der Waals surface area contributed by atoms with Gasteiger partial charge in [0.1, 0.15) is 0 Å². The summed E-state index contributed by atoms with van der Waals surface area (Å²) in [4.78, 5) is 11.3. The van der Waals surface area contributed by atoms with Crippen LogP contribution in [0.4, 0.5) is 13.2 Å². The van der Waals surface area contributed by atoms with Gasteiger partial charge in [-0.3, -0.25) is 0 Å². The van der Waals surface area contributed by atoms with Gasteiger partial charge >= 0.3 is 12.1 Å². The van der Waals surface area contributed by atoms with Crippen LogP contribution in [0.2, 0.25) is 0 Å². The molecule has 0 bridgehead atoms. The topological polar surface area (TPSA) is 76.1 Å². The van der Waals surface area contributed by atoms with Crippen LogP contribution in [-0.2, 0) is 17.5 Å². The van der Waals surface area contributed by atoms with Crippen LogP contribution in [-0.4, -0.2) is 13.1 Å². The highest BCUT2D eigenvalue weighted by atomic mass is 19.4. The van der Waals surface area contributed by atoms with E-state index in [0.717, 1.165) is 19.2 Å². The number of carbonyl (C=O) groups is 1. The van der Waals surface area contributed by atoms with Crippen LogP contribution >= 0.6 is 0 Å². The molecule has 0 radical (unpaired) electrons. The van der Waals surface area contributed by atoms with Gasteiger partial charge in [-0.2, -0.15) is 18.4 Å². The number of hydrogen-bond donors (Lipinski definition) is 1. The average Bonchev–Trinajstić information content (AvgIpc) is 2.34. The van der Waals surface area contributed by atoms with Gasteiger partial charge in [-0.1, -0.05) is 0 Å². The molecule has 0 saturated heterocycles. The lowest BCUT2D eigenvalue weighted by Crippen LogP contribution is -2.17. The van der Waals surface area contributed by atoms with Crippen LogP contribution in [0.3, 0.4) is 0 Å². The summed E-state index contributed by atoms with van der Waals surface area (Å²) in [7, 11) is 0.962. The Bertz CT molecular complexity index is 518. The number of methoxy groups -OCH3 is 1. The summed E-state index contributed by atoms with van der Waals surface area (Å²) in [6, 6.07) is 3.40. The van der Waals surface area contributed by atoms with Crippen molar-refractivity contribution in [3.63, 3.8) is 0 Å². The lowest BCUT2D eigenvalue weighted by atomic mass is 9.97. The first-order valence-corrected chi connectivity index (χ1v) is 4.77. The van der Waals surface area contributed by atoms with E-state index in [9.17, 15) is 18.0 Å². The monoisotopic (exact) mass is 258 g/mol. The molecule has 96 valence electrons. The third-order valence-electron chi connectivity index (χ3n) is 2.24. The van der Waals surface area contributed by atoms with Gasteiger partial charge in [-0.25, -0.2) is 4.79 Å². The Morgan fingerprint density at radius 3 is 2.50 bits per heavy atom. The highest BCUT2D eigenvalue weighted by molar-refractivity contribution is 5.92. The predicted octanol–water partition coefficient (Wildman–Crippen LogP) is 1.82. The van der Waals surface area contributed by atoms with Crippen molar-refractivity contribution in [1.29, 1.82) is 5.26 Å². The van der Waals surface area contributed by atoms with Crippen molar-refractivity contribution < 1.29 is 22.7 Å². The summed E-state index contributed by atoms with van der Waals surface area (Å²) in [6.45, 7) is -0.0865. The molecule has 0 saturated carbocycles. The Kier molecular flexibility index (Phi) is 3.93. The van der Waals surface area contributed by atoms with Gasteiger partial charge in [-0.15, -0.1) is 0 Å². The van der Waals surface area contributed by atoms with E-state index in [2.05, 4.69) is 4.74 Å². The van der Waals surface area contributed by atoms with Gasteiger partial charge in [0.2, 0.25) is 0 Å². The van der Waals surface area contributed by atoms with Crippen LogP contribution in [0.15, 0.2) is 12.1 Å². The Morgan fingerprint density at radius 1 is 1.50 bits per heavy atom. The molecule has 0 fully saturated rings. The van der Waals surface area contributed by atoms with Gasteiger partial charge in [-0.05, 0) is 17.7 Å². The minimum absolute atomic E-state index is 0.0865. The fraction of sp³-hybridized carbons (Fsp3) is 0.273. The Hall–Kier alpha value is -2.07. The molecule has 18 heavy (non-hydrogen) atoms. The van der Waals surface area contributed by atoms with Crippen molar-refractivity contribution in [2.24, 2.45) is 5.73 Å². The van der Waals surface area contributed by atoms with Crippen molar-refractivity contribution >= 4 is 5.97 Å². The zero-order chi connectivity index (χ0) is 13.9. The molecule has 0 aliphatic heterocycles. The molecular weight excluding hydrogens is 249 g/mol. The lowest BCUT2D eigenvalue weighted by molar-refractivity contribution is -0.138. The van der Waals surface area contributed by atoms with Crippen molar-refractivity contribution in [3.8, 4) is 6.07 Å². The van der Waals surface area contributed by atoms with E-state index in [0.29, 0.717) is 0 Å². The first-order chi connectivity index (χ1) is 8.35. The maximum atomic E-state index is 12.8. The number of benzene rings is 1. The molecule has 0 aliphatic rings. The molecule has 1 aromatic rings. The number of hydrogen-bond acceptors (Lipinski definition) is 4.